The van der Waals surface area contributed by atoms with E-state index in [1.807, 2.05) is 0 Å². The zero-order valence-electron chi connectivity index (χ0n) is 24.1. The minimum atomic E-state index is -0.673. The van der Waals surface area contributed by atoms with Gasteiger partial charge in [-0.1, -0.05) is 56.3 Å². The van der Waals surface area contributed by atoms with Crippen LogP contribution in [0.15, 0.2) is 88.3 Å². The molecule has 0 fully saturated rings. The summed E-state index contributed by atoms with van der Waals surface area (Å²) in [4.78, 5) is 25.6. The van der Waals surface area contributed by atoms with E-state index in [2.05, 4.69) is 110 Å². The lowest BCUT2D eigenvalue weighted by atomic mass is 9.82. The molecule has 41 heavy (non-hydrogen) atoms. The van der Waals surface area contributed by atoms with Crippen molar-refractivity contribution in [1.29, 1.82) is 0 Å². The van der Waals surface area contributed by atoms with Crippen LogP contribution in [0.2, 0.25) is 0 Å². The minimum absolute atomic E-state index is 0.0847. The third-order valence-electron chi connectivity index (χ3n) is 8.33. The summed E-state index contributed by atoms with van der Waals surface area (Å²) >= 11 is 0. The molecule has 6 nitrogen and oxygen atoms in total. The highest BCUT2D eigenvalue weighted by molar-refractivity contribution is 5.95. The molecule has 6 heteroatoms. The normalized spacial score (nSPS) is 12.5. The molecule has 6 aromatic rings. The maximum absolute atomic E-state index is 12.9. The molecule has 0 radical (unpaired) electrons. The van der Waals surface area contributed by atoms with E-state index in [-0.39, 0.29) is 24.0 Å². The van der Waals surface area contributed by atoms with Crippen LogP contribution in [-0.4, -0.2) is 21.7 Å². The zero-order valence-corrected chi connectivity index (χ0v) is 24.1. The molecule has 1 atom stereocenters. The molecule has 1 unspecified atom stereocenters. The molecular weight excluding hydrogens is 512 g/mol. The van der Waals surface area contributed by atoms with E-state index < -0.39 is 11.6 Å². The van der Waals surface area contributed by atoms with Gasteiger partial charge in [-0.25, -0.2) is 9.59 Å². The fraction of sp³-hybridized carbons (Fsp3) is 0.257. The van der Waals surface area contributed by atoms with E-state index in [1.165, 1.54) is 21.9 Å². The van der Waals surface area contributed by atoms with Gasteiger partial charge in [0.15, 0.2) is 0 Å². The monoisotopic (exact) mass is 546 g/mol. The van der Waals surface area contributed by atoms with Crippen LogP contribution in [0.1, 0.15) is 71.6 Å². The third-order valence-corrected chi connectivity index (χ3v) is 8.33. The average molecular weight is 547 g/mol. The van der Waals surface area contributed by atoms with Gasteiger partial charge in [0.25, 0.3) is 0 Å². The third kappa shape index (κ3) is 4.44. The molecule has 0 N–H and O–H groups in total. The quantitative estimate of drug-likeness (QED) is 0.152. The SMILES string of the molecule is CCOC(=O)c1cc2cc(C(c3cn(C)c4ccccc34)c3cn(C)c4ccccc34)cc(C(C)CC)c2oc1=O. The number of ether oxygens (including phenoxy) is 1. The van der Waals surface area contributed by atoms with E-state index in [9.17, 15) is 9.59 Å². The Labute approximate surface area is 238 Å². The van der Waals surface area contributed by atoms with E-state index in [1.54, 1.807) is 13.0 Å². The predicted octanol–water partition coefficient (Wildman–Crippen LogP) is 7.65. The first kappa shape index (κ1) is 26.6. The summed E-state index contributed by atoms with van der Waals surface area (Å²) in [6.07, 6.45) is 5.31. The van der Waals surface area contributed by atoms with Crippen molar-refractivity contribution in [2.45, 2.75) is 39.0 Å². The number of fused-ring (bicyclic) bond motifs is 3. The second-order valence-corrected chi connectivity index (χ2v) is 10.9. The number of carbonyl (C=O) groups is 1. The van der Waals surface area contributed by atoms with Crippen LogP contribution in [0, 0.1) is 0 Å². The van der Waals surface area contributed by atoms with Crippen LogP contribution in [-0.2, 0) is 18.8 Å². The molecule has 0 saturated heterocycles. The van der Waals surface area contributed by atoms with Crippen LogP contribution < -0.4 is 5.63 Å². The Kier molecular flexibility index (Phi) is 6.78. The van der Waals surface area contributed by atoms with Gasteiger partial charge in [0.1, 0.15) is 11.1 Å². The summed E-state index contributed by atoms with van der Waals surface area (Å²) in [5.74, 6) is -0.648. The van der Waals surface area contributed by atoms with Gasteiger partial charge in [-0.05, 0) is 65.8 Å². The number of benzene rings is 3. The van der Waals surface area contributed by atoms with Gasteiger partial charge in [-0.15, -0.1) is 0 Å². The van der Waals surface area contributed by atoms with E-state index in [0.29, 0.717) is 11.0 Å². The lowest BCUT2D eigenvalue weighted by molar-refractivity contribution is 0.0521. The zero-order chi connectivity index (χ0) is 28.8. The Morgan fingerprint density at radius 3 is 2.00 bits per heavy atom. The van der Waals surface area contributed by atoms with Gasteiger partial charge < -0.3 is 18.3 Å². The van der Waals surface area contributed by atoms with Gasteiger partial charge in [0.2, 0.25) is 0 Å². The maximum atomic E-state index is 12.9. The number of hydrogen-bond acceptors (Lipinski definition) is 4. The molecule has 3 aromatic carbocycles. The molecule has 3 heterocycles. The van der Waals surface area contributed by atoms with Crippen LogP contribution in [0.5, 0.6) is 0 Å². The lowest BCUT2D eigenvalue weighted by Crippen LogP contribution is -2.17. The van der Waals surface area contributed by atoms with Crippen molar-refractivity contribution in [1.82, 2.24) is 9.13 Å². The standard InChI is InChI=1S/C35H34N2O4/c1-6-21(3)26-17-22(16-23-18-27(34(38)40-7-2)35(39)41-33(23)26)32(28-19-36(4)30-14-10-8-12-24(28)30)29-20-37(5)31-15-11-9-13-25(29)31/h8-21,32H,6-7H2,1-5H3. The van der Waals surface area contributed by atoms with Crippen LogP contribution >= 0.6 is 0 Å². The van der Waals surface area contributed by atoms with Gasteiger partial charge in [-0.3, -0.25) is 0 Å². The van der Waals surface area contributed by atoms with Gasteiger partial charge >= 0.3 is 11.6 Å². The maximum Gasteiger partial charge on any atom is 0.351 e. The Morgan fingerprint density at radius 1 is 0.854 bits per heavy atom. The predicted molar refractivity (Wildman–Crippen MR) is 164 cm³/mol. The number of para-hydroxylation sites is 2. The minimum Gasteiger partial charge on any atom is -0.462 e. The number of nitrogens with zero attached hydrogens (tertiary/aromatic N) is 2. The first-order valence-corrected chi connectivity index (χ1v) is 14.2. The largest absolute Gasteiger partial charge is 0.462 e. The van der Waals surface area contributed by atoms with E-state index >= 15 is 0 Å². The van der Waals surface area contributed by atoms with Crippen LogP contribution in [0.4, 0.5) is 0 Å². The number of hydrogen-bond donors (Lipinski definition) is 0. The van der Waals surface area contributed by atoms with E-state index in [0.717, 1.165) is 28.6 Å². The highest BCUT2D eigenvalue weighted by Gasteiger charge is 2.27. The summed E-state index contributed by atoms with van der Waals surface area (Å²) in [6.45, 7) is 6.17. The van der Waals surface area contributed by atoms with Crippen molar-refractivity contribution >= 4 is 38.7 Å². The number of aryl methyl sites for hydroxylation is 2. The lowest BCUT2D eigenvalue weighted by Gasteiger charge is -2.21. The summed E-state index contributed by atoms with van der Waals surface area (Å²) in [5, 5.41) is 3.08. The topological polar surface area (TPSA) is 66.4 Å². The van der Waals surface area contributed by atoms with Crippen molar-refractivity contribution in [2.75, 3.05) is 6.61 Å². The molecular formula is C35H34N2O4. The number of esters is 1. The van der Waals surface area contributed by atoms with Crippen LogP contribution in [0.25, 0.3) is 32.8 Å². The first-order chi connectivity index (χ1) is 19.8. The molecule has 0 amide bonds. The molecule has 0 spiro atoms. The molecule has 0 aliphatic rings. The average Bonchev–Trinajstić information content (AvgIpc) is 3.49. The Hall–Kier alpha value is -4.58. The number of rotatable bonds is 7. The van der Waals surface area contributed by atoms with Crippen molar-refractivity contribution in [3.05, 3.63) is 117 Å². The van der Waals surface area contributed by atoms with Crippen molar-refractivity contribution < 1.29 is 13.9 Å². The summed E-state index contributed by atoms with van der Waals surface area (Å²) in [6, 6.07) is 22.8. The molecule has 0 aliphatic heterocycles. The highest BCUT2D eigenvalue weighted by atomic mass is 16.5. The summed E-state index contributed by atoms with van der Waals surface area (Å²) in [5.41, 5.74) is 6.50. The molecule has 0 bridgehead atoms. The Bertz CT molecular complexity index is 1910. The molecule has 0 aliphatic carbocycles. The van der Waals surface area contributed by atoms with Gasteiger partial charge in [0, 0.05) is 59.6 Å². The second kappa shape index (κ2) is 10.4. The fourth-order valence-corrected chi connectivity index (χ4v) is 6.12. The summed E-state index contributed by atoms with van der Waals surface area (Å²) < 4.78 is 15.4. The molecule has 208 valence electrons. The van der Waals surface area contributed by atoms with Crippen molar-refractivity contribution in [3.63, 3.8) is 0 Å². The molecule has 0 saturated carbocycles. The number of carbonyl (C=O) groups excluding carboxylic acids is 1. The van der Waals surface area contributed by atoms with E-state index in [4.69, 9.17) is 9.15 Å². The van der Waals surface area contributed by atoms with Gasteiger partial charge in [0.05, 0.1) is 6.61 Å². The fourth-order valence-electron chi connectivity index (χ4n) is 6.12. The second-order valence-electron chi connectivity index (χ2n) is 10.9. The number of aromatic nitrogens is 2. The smallest absolute Gasteiger partial charge is 0.351 e. The Balaban J connectivity index is 1.70. The first-order valence-electron chi connectivity index (χ1n) is 14.2. The molecule has 6 rings (SSSR count). The van der Waals surface area contributed by atoms with Gasteiger partial charge in [-0.2, -0.15) is 0 Å². The summed E-state index contributed by atoms with van der Waals surface area (Å²) in [7, 11) is 4.16. The van der Waals surface area contributed by atoms with Crippen LogP contribution in [0.3, 0.4) is 0 Å². The van der Waals surface area contributed by atoms with Crippen molar-refractivity contribution in [3.8, 4) is 0 Å². The molecule has 3 aromatic heterocycles. The highest BCUT2D eigenvalue weighted by Crippen LogP contribution is 2.43. The Morgan fingerprint density at radius 2 is 1.44 bits per heavy atom. The van der Waals surface area contributed by atoms with Crippen molar-refractivity contribution in [2.24, 2.45) is 14.1 Å².